The summed E-state index contributed by atoms with van der Waals surface area (Å²) < 4.78 is 2.39. The minimum absolute atomic E-state index is 0.158. The number of rotatable bonds is 4. The van der Waals surface area contributed by atoms with Crippen LogP contribution in [0.25, 0.3) is 0 Å². The van der Waals surface area contributed by atoms with E-state index in [0.29, 0.717) is 6.54 Å². The average molecular weight is 276 g/mol. The lowest BCUT2D eigenvalue weighted by molar-refractivity contribution is 0.660. The Labute approximate surface area is 106 Å². The molecule has 0 fully saturated rings. The number of nitrogens with zero attached hydrogens (tertiary/aromatic N) is 2. The second kappa shape index (κ2) is 5.07. The van der Waals surface area contributed by atoms with E-state index >= 15 is 0 Å². The van der Waals surface area contributed by atoms with Crippen molar-refractivity contribution in [1.82, 2.24) is 14.8 Å². The SMILES string of the molecule is CCn1c(SCc2ccc(Cl)s2)n[nH]c1=O. The van der Waals surface area contributed by atoms with Gasteiger partial charge in [-0.25, -0.2) is 9.89 Å². The first-order valence-corrected chi connectivity index (χ1v) is 6.91. The molecule has 0 spiro atoms. The molecule has 0 aromatic carbocycles. The molecule has 2 rings (SSSR count). The number of nitrogens with one attached hydrogen (secondary N) is 1. The molecule has 4 nitrogen and oxygen atoms in total. The highest BCUT2D eigenvalue weighted by molar-refractivity contribution is 7.98. The van der Waals surface area contributed by atoms with Crippen LogP contribution in [0.4, 0.5) is 0 Å². The van der Waals surface area contributed by atoms with Crippen LogP contribution in [0.1, 0.15) is 11.8 Å². The van der Waals surface area contributed by atoms with Crippen molar-refractivity contribution in [1.29, 1.82) is 0 Å². The molecule has 0 aliphatic heterocycles. The van der Waals surface area contributed by atoms with E-state index in [2.05, 4.69) is 10.2 Å². The van der Waals surface area contributed by atoms with Gasteiger partial charge in [-0.3, -0.25) is 4.57 Å². The van der Waals surface area contributed by atoms with Gasteiger partial charge in [0.15, 0.2) is 5.16 Å². The zero-order valence-corrected chi connectivity index (χ0v) is 11.0. The number of hydrogen-bond acceptors (Lipinski definition) is 4. The normalized spacial score (nSPS) is 10.9. The number of aromatic nitrogens is 3. The topological polar surface area (TPSA) is 50.7 Å². The number of thioether (sulfide) groups is 1. The lowest BCUT2D eigenvalue weighted by atomic mass is 10.5. The van der Waals surface area contributed by atoms with Crippen molar-refractivity contribution in [3.05, 3.63) is 31.8 Å². The first kappa shape index (κ1) is 11.8. The molecule has 0 aliphatic carbocycles. The van der Waals surface area contributed by atoms with Gasteiger partial charge in [0.1, 0.15) is 0 Å². The van der Waals surface area contributed by atoms with Crippen molar-refractivity contribution in [2.24, 2.45) is 0 Å². The van der Waals surface area contributed by atoms with Crippen molar-refractivity contribution >= 4 is 34.7 Å². The lowest BCUT2D eigenvalue weighted by Gasteiger charge is -1.99. The second-order valence-corrected chi connectivity index (χ2v) is 5.79. The van der Waals surface area contributed by atoms with Crippen molar-refractivity contribution < 1.29 is 0 Å². The van der Waals surface area contributed by atoms with Gasteiger partial charge < -0.3 is 0 Å². The highest BCUT2D eigenvalue weighted by Gasteiger charge is 2.07. The fraction of sp³-hybridized carbons (Fsp3) is 0.333. The summed E-state index contributed by atoms with van der Waals surface area (Å²) in [5.74, 6) is 0.779. The summed E-state index contributed by atoms with van der Waals surface area (Å²) in [6.07, 6.45) is 0. The molecule has 2 heterocycles. The number of halogens is 1. The van der Waals surface area contributed by atoms with Crippen LogP contribution in [0, 0.1) is 0 Å². The van der Waals surface area contributed by atoms with E-state index in [9.17, 15) is 4.79 Å². The van der Waals surface area contributed by atoms with Crippen molar-refractivity contribution in [2.45, 2.75) is 24.4 Å². The van der Waals surface area contributed by atoms with Crippen LogP contribution in [-0.4, -0.2) is 14.8 Å². The number of aromatic amines is 1. The maximum atomic E-state index is 11.3. The van der Waals surface area contributed by atoms with Crippen LogP contribution in [-0.2, 0) is 12.3 Å². The fourth-order valence-electron chi connectivity index (χ4n) is 1.26. The number of thiophene rings is 1. The Morgan fingerprint density at radius 3 is 3.06 bits per heavy atom. The molecular weight excluding hydrogens is 266 g/mol. The summed E-state index contributed by atoms with van der Waals surface area (Å²) >= 11 is 8.91. The van der Waals surface area contributed by atoms with Crippen LogP contribution in [0.5, 0.6) is 0 Å². The van der Waals surface area contributed by atoms with Crippen molar-refractivity contribution in [2.75, 3.05) is 0 Å². The Bertz CT molecular complexity index is 531. The van der Waals surface area contributed by atoms with Gasteiger partial charge in [-0.2, -0.15) is 0 Å². The monoisotopic (exact) mass is 275 g/mol. The Kier molecular flexibility index (Phi) is 3.73. The molecule has 0 radical (unpaired) electrons. The fourth-order valence-corrected chi connectivity index (χ4v) is 3.40. The quantitative estimate of drug-likeness (QED) is 0.873. The summed E-state index contributed by atoms with van der Waals surface area (Å²) in [7, 11) is 0. The first-order valence-electron chi connectivity index (χ1n) is 4.73. The summed E-state index contributed by atoms with van der Waals surface area (Å²) in [6, 6.07) is 3.86. The van der Waals surface area contributed by atoms with E-state index < -0.39 is 0 Å². The van der Waals surface area contributed by atoms with Gasteiger partial charge in [-0.15, -0.1) is 16.4 Å². The molecule has 2 aromatic rings. The molecule has 0 bridgehead atoms. The molecule has 16 heavy (non-hydrogen) atoms. The molecule has 2 aromatic heterocycles. The third kappa shape index (κ3) is 2.50. The van der Waals surface area contributed by atoms with E-state index in [0.717, 1.165) is 15.2 Å². The lowest BCUT2D eigenvalue weighted by Crippen LogP contribution is -2.16. The molecule has 0 atom stereocenters. The average Bonchev–Trinajstić information content (AvgIpc) is 2.82. The van der Waals surface area contributed by atoms with Gasteiger partial charge >= 0.3 is 5.69 Å². The van der Waals surface area contributed by atoms with Crippen molar-refractivity contribution in [3.63, 3.8) is 0 Å². The molecule has 7 heteroatoms. The third-order valence-corrected chi connectivity index (χ3v) is 4.45. The Morgan fingerprint density at radius 1 is 1.62 bits per heavy atom. The van der Waals surface area contributed by atoms with Crippen LogP contribution in [0.2, 0.25) is 4.34 Å². The van der Waals surface area contributed by atoms with Gasteiger partial charge in [-0.05, 0) is 19.1 Å². The molecule has 0 amide bonds. The van der Waals surface area contributed by atoms with E-state index in [4.69, 9.17) is 11.6 Å². The number of H-pyrrole nitrogens is 1. The van der Waals surface area contributed by atoms with Crippen molar-refractivity contribution in [3.8, 4) is 0 Å². The maximum absolute atomic E-state index is 11.3. The molecule has 0 saturated heterocycles. The van der Waals surface area contributed by atoms with Crippen LogP contribution in [0.3, 0.4) is 0 Å². The van der Waals surface area contributed by atoms with E-state index in [-0.39, 0.29) is 5.69 Å². The van der Waals surface area contributed by atoms with Gasteiger partial charge in [0.05, 0.1) is 4.34 Å². The molecule has 86 valence electrons. The minimum atomic E-state index is -0.158. The van der Waals surface area contributed by atoms with Gasteiger partial charge in [0.25, 0.3) is 0 Å². The largest absolute Gasteiger partial charge is 0.343 e. The van der Waals surface area contributed by atoms with E-state index in [1.807, 2.05) is 19.1 Å². The molecular formula is C9H10ClN3OS2. The molecule has 0 unspecified atom stereocenters. The Hall–Kier alpha value is -0.720. The predicted octanol–water partition coefficient (Wildman–Crippen LogP) is 2.60. The maximum Gasteiger partial charge on any atom is 0.343 e. The minimum Gasteiger partial charge on any atom is -0.270 e. The number of hydrogen-bond donors (Lipinski definition) is 1. The molecule has 0 saturated carbocycles. The standard InChI is InChI=1S/C9H10ClN3OS2/c1-2-13-8(14)11-12-9(13)15-5-6-3-4-7(10)16-6/h3-4H,2,5H2,1H3,(H,11,14). The smallest absolute Gasteiger partial charge is 0.270 e. The molecule has 1 N–H and O–H groups in total. The van der Waals surface area contributed by atoms with Gasteiger partial charge in [0, 0.05) is 17.2 Å². The van der Waals surface area contributed by atoms with Gasteiger partial charge in [0.2, 0.25) is 0 Å². The van der Waals surface area contributed by atoms with Crippen LogP contribution in [0.15, 0.2) is 22.1 Å². The van der Waals surface area contributed by atoms with Crippen LogP contribution >= 0.6 is 34.7 Å². The summed E-state index contributed by atoms with van der Waals surface area (Å²) in [4.78, 5) is 12.5. The Balaban J connectivity index is 2.07. The first-order chi connectivity index (χ1) is 7.70. The summed E-state index contributed by atoms with van der Waals surface area (Å²) in [6.45, 7) is 2.55. The highest BCUT2D eigenvalue weighted by atomic mass is 35.5. The zero-order chi connectivity index (χ0) is 11.5. The highest BCUT2D eigenvalue weighted by Crippen LogP contribution is 2.27. The zero-order valence-electron chi connectivity index (χ0n) is 8.57. The van der Waals surface area contributed by atoms with Crippen LogP contribution < -0.4 is 5.69 Å². The van der Waals surface area contributed by atoms with Gasteiger partial charge in [-0.1, -0.05) is 23.4 Å². The summed E-state index contributed by atoms with van der Waals surface area (Å²) in [5, 5.41) is 7.13. The van der Waals surface area contributed by atoms with E-state index in [1.165, 1.54) is 16.6 Å². The summed E-state index contributed by atoms with van der Waals surface area (Å²) in [5.41, 5.74) is -0.158. The Morgan fingerprint density at radius 2 is 2.44 bits per heavy atom. The van der Waals surface area contributed by atoms with E-state index in [1.54, 1.807) is 15.9 Å². The second-order valence-electron chi connectivity index (χ2n) is 3.05. The third-order valence-electron chi connectivity index (χ3n) is 2.01. The predicted molar refractivity (Wildman–Crippen MR) is 67.4 cm³/mol. The molecule has 0 aliphatic rings.